The predicted octanol–water partition coefficient (Wildman–Crippen LogP) is 3.43. The molecule has 0 unspecified atom stereocenters. The highest BCUT2D eigenvalue weighted by atomic mass is 16.5. The van der Waals surface area contributed by atoms with E-state index < -0.39 is 18.4 Å². The maximum atomic E-state index is 12.6. The van der Waals surface area contributed by atoms with E-state index in [-0.39, 0.29) is 34.7 Å². The Morgan fingerprint density at radius 1 is 0.900 bits per heavy atom. The van der Waals surface area contributed by atoms with Crippen LogP contribution in [-0.2, 0) is 14.3 Å². The molecule has 2 aromatic carbocycles. The fourth-order valence-corrected chi connectivity index (χ4v) is 2.60. The molecule has 30 heavy (non-hydrogen) atoms. The van der Waals surface area contributed by atoms with E-state index in [1.54, 1.807) is 24.3 Å². The summed E-state index contributed by atoms with van der Waals surface area (Å²) in [6.45, 7) is 5.93. The molecule has 158 valence electrons. The third-order valence-electron chi connectivity index (χ3n) is 3.75. The standard InChI is InChI=1S/C22H24N2O6/c1-13(2)30-18-8-5-16(6-9-18)22(28)29-12-21(27)19-10-7-17(23-14(3)25)11-20(19)24-15(4)26/h5-11,13H,12H2,1-4H3,(H,23,25)(H,24,26). The molecular formula is C22H24N2O6. The minimum Gasteiger partial charge on any atom is -0.491 e. The van der Waals surface area contributed by atoms with Crippen molar-refractivity contribution >= 4 is 34.9 Å². The van der Waals surface area contributed by atoms with Crippen LogP contribution in [0.25, 0.3) is 0 Å². The number of ether oxygens (including phenoxy) is 2. The van der Waals surface area contributed by atoms with Crippen LogP contribution >= 0.6 is 0 Å². The highest BCUT2D eigenvalue weighted by Crippen LogP contribution is 2.22. The number of carbonyl (C=O) groups excluding carboxylic acids is 4. The Morgan fingerprint density at radius 2 is 1.53 bits per heavy atom. The van der Waals surface area contributed by atoms with E-state index in [1.807, 2.05) is 13.8 Å². The van der Waals surface area contributed by atoms with Crippen LogP contribution in [0.4, 0.5) is 11.4 Å². The molecule has 0 saturated heterocycles. The highest BCUT2D eigenvalue weighted by Gasteiger charge is 2.17. The van der Waals surface area contributed by atoms with Crippen molar-refractivity contribution in [2.45, 2.75) is 33.8 Å². The Bertz CT molecular complexity index is 951. The zero-order chi connectivity index (χ0) is 22.3. The molecule has 2 amide bonds. The molecule has 2 N–H and O–H groups in total. The quantitative estimate of drug-likeness (QED) is 0.508. The summed E-state index contributed by atoms with van der Waals surface area (Å²) >= 11 is 0. The molecule has 0 fully saturated rings. The van der Waals surface area contributed by atoms with Crippen LogP contribution < -0.4 is 15.4 Å². The average Bonchev–Trinajstić information content (AvgIpc) is 2.65. The minimum absolute atomic E-state index is 0.00951. The summed E-state index contributed by atoms with van der Waals surface area (Å²) in [4.78, 5) is 47.5. The summed E-state index contributed by atoms with van der Waals surface area (Å²) in [7, 11) is 0. The molecule has 0 radical (unpaired) electrons. The van der Waals surface area contributed by atoms with Crippen molar-refractivity contribution in [2.75, 3.05) is 17.2 Å². The second kappa shape index (κ2) is 10.2. The zero-order valence-electron chi connectivity index (χ0n) is 17.3. The van der Waals surface area contributed by atoms with Gasteiger partial charge in [-0.1, -0.05) is 0 Å². The van der Waals surface area contributed by atoms with Gasteiger partial charge >= 0.3 is 5.97 Å². The fourth-order valence-electron chi connectivity index (χ4n) is 2.60. The van der Waals surface area contributed by atoms with Gasteiger partial charge in [-0.05, 0) is 56.3 Å². The maximum absolute atomic E-state index is 12.6. The van der Waals surface area contributed by atoms with Gasteiger partial charge in [-0.2, -0.15) is 0 Å². The second-order valence-electron chi connectivity index (χ2n) is 6.81. The van der Waals surface area contributed by atoms with Crippen LogP contribution in [0, 0.1) is 0 Å². The number of hydrogen-bond acceptors (Lipinski definition) is 6. The van der Waals surface area contributed by atoms with Crippen molar-refractivity contribution in [3.05, 3.63) is 53.6 Å². The van der Waals surface area contributed by atoms with E-state index in [4.69, 9.17) is 9.47 Å². The lowest BCUT2D eigenvalue weighted by Crippen LogP contribution is -2.18. The van der Waals surface area contributed by atoms with Gasteiger partial charge in [-0.15, -0.1) is 0 Å². The Hall–Kier alpha value is -3.68. The Balaban J connectivity index is 2.08. The van der Waals surface area contributed by atoms with Gasteiger partial charge in [0.1, 0.15) is 5.75 Å². The van der Waals surface area contributed by atoms with Gasteiger partial charge in [0.05, 0.1) is 17.4 Å². The van der Waals surface area contributed by atoms with Gasteiger partial charge in [0.2, 0.25) is 17.6 Å². The molecule has 0 atom stereocenters. The Kier molecular flexibility index (Phi) is 7.69. The van der Waals surface area contributed by atoms with Gasteiger partial charge in [-0.3, -0.25) is 14.4 Å². The summed E-state index contributed by atoms with van der Waals surface area (Å²) in [5.41, 5.74) is 1.07. The molecule has 0 aliphatic heterocycles. The number of Topliss-reactive ketones (excluding diaryl/α,β-unsaturated/α-hetero) is 1. The number of nitrogens with one attached hydrogen (secondary N) is 2. The molecule has 0 aliphatic carbocycles. The van der Waals surface area contributed by atoms with Crippen LogP contribution in [0.2, 0.25) is 0 Å². The summed E-state index contributed by atoms with van der Waals surface area (Å²) in [5.74, 6) is -1.21. The van der Waals surface area contributed by atoms with Gasteiger partial charge in [0, 0.05) is 25.1 Å². The first kappa shape index (κ1) is 22.6. The van der Waals surface area contributed by atoms with Crippen molar-refractivity contribution in [1.29, 1.82) is 0 Å². The van der Waals surface area contributed by atoms with Crippen LogP contribution in [0.1, 0.15) is 48.4 Å². The van der Waals surface area contributed by atoms with E-state index >= 15 is 0 Å². The van der Waals surface area contributed by atoms with E-state index in [2.05, 4.69) is 10.6 Å². The molecule has 8 nitrogen and oxygen atoms in total. The molecular weight excluding hydrogens is 388 g/mol. The molecule has 0 saturated carbocycles. The number of carbonyl (C=O) groups is 4. The summed E-state index contributed by atoms with van der Waals surface area (Å²) in [6, 6.07) is 10.8. The smallest absolute Gasteiger partial charge is 0.338 e. The fraction of sp³-hybridized carbons (Fsp3) is 0.273. The molecule has 0 spiro atoms. The van der Waals surface area contributed by atoms with E-state index in [0.29, 0.717) is 11.4 Å². The lowest BCUT2D eigenvalue weighted by Gasteiger charge is -2.12. The van der Waals surface area contributed by atoms with E-state index in [1.165, 1.54) is 32.0 Å². The van der Waals surface area contributed by atoms with Crippen molar-refractivity contribution < 1.29 is 28.7 Å². The SMILES string of the molecule is CC(=O)Nc1ccc(C(=O)COC(=O)c2ccc(OC(C)C)cc2)c(NC(C)=O)c1. The normalized spacial score (nSPS) is 10.3. The van der Waals surface area contributed by atoms with Crippen LogP contribution in [0.3, 0.4) is 0 Å². The lowest BCUT2D eigenvalue weighted by atomic mass is 10.1. The second-order valence-corrected chi connectivity index (χ2v) is 6.81. The number of amides is 2. The third-order valence-corrected chi connectivity index (χ3v) is 3.75. The molecule has 0 aromatic heterocycles. The number of anilines is 2. The first-order valence-electron chi connectivity index (χ1n) is 9.32. The molecule has 2 aromatic rings. The summed E-state index contributed by atoms with van der Waals surface area (Å²) < 4.78 is 10.6. The number of esters is 1. The number of rotatable bonds is 8. The van der Waals surface area contributed by atoms with Crippen LogP contribution in [0.15, 0.2) is 42.5 Å². The van der Waals surface area contributed by atoms with Crippen molar-refractivity contribution in [1.82, 2.24) is 0 Å². The lowest BCUT2D eigenvalue weighted by molar-refractivity contribution is -0.115. The first-order valence-corrected chi connectivity index (χ1v) is 9.32. The van der Waals surface area contributed by atoms with Gasteiger partial charge in [0.15, 0.2) is 6.61 Å². The monoisotopic (exact) mass is 412 g/mol. The largest absolute Gasteiger partial charge is 0.491 e. The molecule has 0 bridgehead atoms. The van der Waals surface area contributed by atoms with E-state index in [0.717, 1.165) is 0 Å². The highest BCUT2D eigenvalue weighted by molar-refractivity contribution is 6.07. The maximum Gasteiger partial charge on any atom is 0.338 e. The Morgan fingerprint density at radius 3 is 2.10 bits per heavy atom. The predicted molar refractivity (Wildman–Crippen MR) is 112 cm³/mol. The average molecular weight is 412 g/mol. The Labute approximate surface area is 174 Å². The first-order chi connectivity index (χ1) is 14.2. The number of benzene rings is 2. The molecule has 0 aliphatic rings. The summed E-state index contributed by atoms with van der Waals surface area (Å²) in [6.07, 6.45) is 0.00951. The number of ketones is 1. The molecule has 2 rings (SSSR count). The molecule has 8 heteroatoms. The van der Waals surface area contributed by atoms with Crippen molar-refractivity contribution in [3.8, 4) is 5.75 Å². The van der Waals surface area contributed by atoms with Crippen LogP contribution in [0.5, 0.6) is 5.75 Å². The van der Waals surface area contributed by atoms with Gasteiger partial charge in [0.25, 0.3) is 0 Å². The molecule has 0 heterocycles. The van der Waals surface area contributed by atoms with Gasteiger partial charge < -0.3 is 20.1 Å². The minimum atomic E-state index is -0.657. The third kappa shape index (κ3) is 6.73. The van der Waals surface area contributed by atoms with Crippen LogP contribution in [-0.4, -0.2) is 36.3 Å². The number of hydrogen-bond donors (Lipinski definition) is 2. The van der Waals surface area contributed by atoms with Crippen molar-refractivity contribution in [2.24, 2.45) is 0 Å². The zero-order valence-corrected chi connectivity index (χ0v) is 17.3. The van der Waals surface area contributed by atoms with E-state index in [9.17, 15) is 19.2 Å². The van der Waals surface area contributed by atoms with Gasteiger partial charge in [-0.25, -0.2) is 4.79 Å². The van der Waals surface area contributed by atoms with Crippen molar-refractivity contribution in [3.63, 3.8) is 0 Å². The summed E-state index contributed by atoms with van der Waals surface area (Å²) in [5, 5.41) is 5.12. The topological polar surface area (TPSA) is 111 Å².